The van der Waals surface area contributed by atoms with Crippen molar-refractivity contribution in [3.05, 3.63) is 0 Å². The lowest BCUT2D eigenvalue weighted by Crippen LogP contribution is -2.39. The topological polar surface area (TPSA) is 26.0 Å². The van der Waals surface area contributed by atoms with E-state index >= 15 is 0 Å². The average Bonchev–Trinajstić information content (AvgIpc) is 2.38. The molecule has 2 unspecified atom stereocenters. The molecule has 0 bridgehead atoms. The Balaban J connectivity index is 2.38. The second kappa shape index (κ2) is 5.75. The molecule has 0 saturated heterocycles. The van der Waals surface area contributed by atoms with E-state index in [-0.39, 0.29) is 5.54 Å². The van der Waals surface area contributed by atoms with Crippen LogP contribution in [0.15, 0.2) is 0 Å². The van der Waals surface area contributed by atoms with Crippen LogP contribution in [0.25, 0.3) is 0 Å². The van der Waals surface area contributed by atoms with Crippen molar-refractivity contribution in [1.29, 1.82) is 0 Å². The van der Waals surface area contributed by atoms with Gasteiger partial charge in [-0.05, 0) is 31.6 Å². The van der Waals surface area contributed by atoms with Crippen molar-refractivity contribution >= 4 is 0 Å². The van der Waals surface area contributed by atoms with E-state index in [9.17, 15) is 0 Å². The summed E-state index contributed by atoms with van der Waals surface area (Å²) in [6.07, 6.45) is 11.9. The third-order valence-electron chi connectivity index (χ3n) is 3.94. The fourth-order valence-corrected chi connectivity index (χ4v) is 2.69. The van der Waals surface area contributed by atoms with Crippen molar-refractivity contribution in [3.8, 4) is 0 Å². The zero-order valence-electron chi connectivity index (χ0n) is 10.0. The van der Waals surface area contributed by atoms with Crippen molar-refractivity contribution in [1.82, 2.24) is 0 Å². The zero-order valence-corrected chi connectivity index (χ0v) is 10.0. The standard InChI is InChI=1S/C13H27N/c1-3-5-9-13(14)10-6-7-12(4-2)8-11-13/h12H,3-11,14H2,1-2H3. The Morgan fingerprint density at radius 2 is 2.00 bits per heavy atom. The highest BCUT2D eigenvalue weighted by molar-refractivity contribution is 4.87. The van der Waals surface area contributed by atoms with Crippen LogP contribution in [0.1, 0.15) is 71.6 Å². The predicted octanol–water partition coefficient (Wildman–Crippen LogP) is 3.86. The van der Waals surface area contributed by atoms with E-state index < -0.39 is 0 Å². The van der Waals surface area contributed by atoms with Crippen molar-refractivity contribution in [2.24, 2.45) is 11.7 Å². The van der Waals surface area contributed by atoms with Crippen LogP contribution in [0, 0.1) is 5.92 Å². The van der Waals surface area contributed by atoms with Gasteiger partial charge in [-0.3, -0.25) is 0 Å². The molecular formula is C13H27N. The summed E-state index contributed by atoms with van der Waals surface area (Å²) in [7, 11) is 0. The van der Waals surface area contributed by atoms with E-state index in [2.05, 4.69) is 13.8 Å². The Bertz CT molecular complexity index is 155. The Labute approximate surface area is 89.5 Å². The minimum atomic E-state index is 0.194. The summed E-state index contributed by atoms with van der Waals surface area (Å²) in [6.45, 7) is 4.58. The summed E-state index contributed by atoms with van der Waals surface area (Å²) in [5, 5.41) is 0. The van der Waals surface area contributed by atoms with Crippen LogP contribution in [0.5, 0.6) is 0 Å². The van der Waals surface area contributed by atoms with Crippen LogP contribution in [-0.4, -0.2) is 5.54 Å². The van der Waals surface area contributed by atoms with Crippen LogP contribution in [0.4, 0.5) is 0 Å². The van der Waals surface area contributed by atoms with E-state index in [1.807, 2.05) is 0 Å². The maximum Gasteiger partial charge on any atom is 0.0154 e. The van der Waals surface area contributed by atoms with Crippen LogP contribution in [-0.2, 0) is 0 Å². The van der Waals surface area contributed by atoms with Gasteiger partial charge in [0.25, 0.3) is 0 Å². The molecule has 14 heavy (non-hydrogen) atoms. The van der Waals surface area contributed by atoms with Gasteiger partial charge in [0.15, 0.2) is 0 Å². The molecule has 0 aromatic heterocycles. The summed E-state index contributed by atoms with van der Waals surface area (Å²) in [6, 6.07) is 0. The Hall–Kier alpha value is -0.0400. The highest BCUT2D eigenvalue weighted by Crippen LogP contribution is 2.33. The molecule has 1 aliphatic carbocycles. The smallest absolute Gasteiger partial charge is 0.0154 e. The molecule has 0 heterocycles. The Morgan fingerprint density at radius 1 is 1.21 bits per heavy atom. The second-order valence-corrected chi connectivity index (χ2v) is 5.17. The fourth-order valence-electron chi connectivity index (χ4n) is 2.69. The third-order valence-corrected chi connectivity index (χ3v) is 3.94. The van der Waals surface area contributed by atoms with Crippen LogP contribution in [0.3, 0.4) is 0 Å². The molecule has 0 radical (unpaired) electrons. The molecule has 0 aromatic carbocycles. The van der Waals surface area contributed by atoms with Gasteiger partial charge in [-0.25, -0.2) is 0 Å². The highest BCUT2D eigenvalue weighted by Gasteiger charge is 2.27. The maximum absolute atomic E-state index is 6.46. The largest absolute Gasteiger partial charge is 0.325 e. The zero-order chi connectivity index (χ0) is 10.4. The molecule has 0 aromatic rings. The number of hydrogen-bond acceptors (Lipinski definition) is 1. The van der Waals surface area contributed by atoms with Gasteiger partial charge in [0, 0.05) is 5.54 Å². The maximum atomic E-state index is 6.46. The number of rotatable bonds is 4. The summed E-state index contributed by atoms with van der Waals surface area (Å²) in [5.74, 6) is 0.960. The van der Waals surface area contributed by atoms with E-state index in [1.54, 1.807) is 0 Å². The van der Waals surface area contributed by atoms with E-state index in [4.69, 9.17) is 5.73 Å². The molecule has 2 N–H and O–H groups in total. The predicted molar refractivity (Wildman–Crippen MR) is 63.3 cm³/mol. The van der Waals surface area contributed by atoms with E-state index in [1.165, 1.54) is 57.8 Å². The van der Waals surface area contributed by atoms with Gasteiger partial charge in [0.1, 0.15) is 0 Å². The van der Waals surface area contributed by atoms with Gasteiger partial charge >= 0.3 is 0 Å². The second-order valence-electron chi connectivity index (χ2n) is 5.17. The summed E-state index contributed by atoms with van der Waals surface area (Å²) in [4.78, 5) is 0. The van der Waals surface area contributed by atoms with Gasteiger partial charge < -0.3 is 5.73 Å². The molecule has 0 amide bonds. The molecule has 1 saturated carbocycles. The van der Waals surface area contributed by atoms with Gasteiger partial charge in [-0.15, -0.1) is 0 Å². The minimum Gasteiger partial charge on any atom is -0.325 e. The van der Waals surface area contributed by atoms with Crippen molar-refractivity contribution in [2.45, 2.75) is 77.2 Å². The van der Waals surface area contributed by atoms with Gasteiger partial charge in [-0.2, -0.15) is 0 Å². The molecule has 0 spiro atoms. The summed E-state index contributed by atoms with van der Waals surface area (Å²) >= 11 is 0. The van der Waals surface area contributed by atoms with Gasteiger partial charge in [0.05, 0.1) is 0 Å². The Morgan fingerprint density at radius 3 is 2.64 bits per heavy atom. The first-order valence-corrected chi connectivity index (χ1v) is 6.49. The summed E-state index contributed by atoms with van der Waals surface area (Å²) in [5.41, 5.74) is 6.66. The minimum absolute atomic E-state index is 0.194. The summed E-state index contributed by atoms with van der Waals surface area (Å²) < 4.78 is 0. The molecule has 0 aliphatic heterocycles. The van der Waals surface area contributed by atoms with Gasteiger partial charge in [0.2, 0.25) is 0 Å². The monoisotopic (exact) mass is 197 g/mol. The average molecular weight is 197 g/mol. The van der Waals surface area contributed by atoms with Crippen LogP contribution in [0.2, 0.25) is 0 Å². The Kier molecular flexibility index (Phi) is 4.94. The molecule has 1 rings (SSSR count). The quantitative estimate of drug-likeness (QED) is 0.680. The van der Waals surface area contributed by atoms with Crippen LogP contribution >= 0.6 is 0 Å². The molecule has 1 heteroatoms. The molecule has 2 atom stereocenters. The van der Waals surface area contributed by atoms with E-state index in [0.29, 0.717) is 0 Å². The SMILES string of the molecule is CCCCC1(N)CCCC(CC)CC1. The first-order chi connectivity index (χ1) is 6.70. The molecule has 1 aliphatic rings. The number of hydrogen-bond donors (Lipinski definition) is 1. The third kappa shape index (κ3) is 3.61. The normalized spacial score (nSPS) is 34.1. The molecule has 1 nitrogen and oxygen atoms in total. The first-order valence-electron chi connectivity index (χ1n) is 6.49. The lowest BCUT2D eigenvalue weighted by molar-refractivity contribution is 0.328. The van der Waals surface area contributed by atoms with Crippen LogP contribution < -0.4 is 5.73 Å². The van der Waals surface area contributed by atoms with Gasteiger partial charge in [-0.1, -0.05) is 46.0 Å². The van der Waals surface area contributed by atoms with Crippen molar-refractivity contribution in [3.63, 3.8) is 0 Å². The first kappa shape index (κ1) is 12.0. The highest BCUT2D eigenvalue weighted by atomic mass is 14.7. The fraction of sp³-hybridized carbons (Fsp3) is 1.00. The molecule has 1 fully saturated rings. The van der Waals surface area contributed by atoms with E-state index in [0.717, 1.165) is 5.92 Å². The van der Waals surface area contributed by atoms with Crippen molar-refractivity contribution < 1.29 is 0 Å². The molecule has 84 valence electrons. The lowest BCUT2D eigenvalue weighted by Gasteiger charge is -2.28. The number of nitrogens with two attached hydrogens (primary N) is 1. The van der Waals surface area contributed by atoms with Crippen molar-refractivity contribution in [2.75, 3.05) is 0 Å². The molecular weight excluding hydrogens is 170 g/mol. The lowest BCUT2D eigenvalue weighted by atomic mass is 9.86. The number of unbranched alkanes of at least 4 members (excludes halogenated alkanes) is 1.